The van der Waals surface area contributed by atoms with Crippen molar-refractivity contribution in [3.05, 3.63) is 17.0 Å². The molecule has 7 heteroatoms. The van der Waals surface area contributed by atoms with Crippen molar-refractivity contribution in [3.8, 4) is 0 Å². The first-order valence-electron chi connectivity index (χ1n) is 5.18. The molecular weight excluding hydrogens is 242 g/mol. The summed E-state index contributed by atoms with van der Waals surface area (Å²) >= 11 is 1.27. The van der Waals surface area contributed by atoms with E-state index in [1.807, 2.05) is 0 Å². The molecule has 0 spiro atoms. The summed E-state index contributed by atoms with van der Waals surface area (Å²) in [5.41, 5.74) is 5.52. The highest BCUT2D eigenvalue weighted by molar-refractivity contribution is 7.14. The van der Waals surface area contributed by atoms with Crippen LogP contribution in [0.5, 0.6) is 0 Å². The largest absolute Gasteiger partial charge is 0.378 e. The van der Waals surface area contributed by atoms with Gasteiger partial charge in [-0.05, 0) is 11.4 Å². The van der Waals surface area contributed by atoms with Crippen LogP contribution >= 0.6 is 11.3 Å². The third-order valence-corrected chi connectivity index (χ3v) is 3.24. The van der Waals surface area contributed by atoms with Gasteiger partial charge < -0.3 is 21.1 Å². The van der Waals surface area contributed by atoms with Gasteiger partial charge in [0.15, 0.2) is 0 Å². The van der Waals surface area contributed by atoms with Crippen LogP contribution in [-0.2, 0) is 9.53 Å². The Morgan fingerprint density at radius 1 is 1.59 bits per heavy atom. The van der Waals surface area contributed by atoms with Crippen LogP contribution in [0, 0.1) is 0 Å². The zero-order chi connectivity index (χ0) is 12.3. The second kappa shape index (κ2) is 5.26. The second-order valence-electron chi connectivity index (χ2n) is 3.60. The fourth-order valence-corrected chi connectivity index (χ4v) is 2.33. The van der Waals surface area contributed by atoms with Gasteiger partial charge in [0.2, 0.25) is 5.91 Å². The molecule has 1 saturated heterocycles. The number of carbonyl (C=O) groups is 2. The van der Waals surface area contributed by atoms with E-state index in [4.69, 9.17) is 10.5 Å². The number of primary amides is 1. The summed E-state index contributed by atoms with van der Waals surface area (Å²) in [6.07, 6.45) is 0. The number of amides is 2. The Labute approximate surface area is 102 Å². The van der Waals surface area contributed by atoms with Crippen molar-refractivity contribution in [1.29, 1.82) is 0 Å². The highest BCUT2D eigenvalue weighted by Gasteiger charge is 2.22. The highest BCUT2D eigenvalue weighted by Crippen LogP contribution is 2.22. The number of hydrogen-bond acceptors (Lipinski definition) is 5. The van der Waals surface area contributed by atoms with Gasteiger partial charge >= 0.3 is 0 Å². The molecular formula is C10H13N3O3S. The first kappa shape index (κ1) is 12.0. The van der Waals surface area contributed by atoms with E-state index < -0.39 is 5.91 Å². The lowest BCUT2D eigenvalue weighted by Gasteiger charge is -2.22. The molecule has 1 atom stereocenters. The van der Waals surface area contributed by atoms with Crippen molar-refractivity contribution in [3.63, 3.8) is 0 Å². The van der Waals surface area contributed by atoms with E-state index >= 15 is 0 Å². The number of anilines is 1. The number of morpholine rings is 1. The Morgan fingerprint density at radius 2 is 2.41 bits per heavy atom. The van der Waals surface area contributed by atoms with E-state index in [1.165, 1.54) is 11.3 Å². The highest BCUT2D eigenvalue weighted by atomic mass is 32.1. The summed E-state index contributed by atoms with van der Waals surface area (Å²) in [6.45, 7) is 1.59. The van der Waals surface area contributed by atoms with Crippen LogP contribution in [-0.4, -0.2) is 37.6 Å². The number of rotatable bonds is 3. The molecule has 0 aliphatic carbocycles. The lowest BCUT2D eigenvalue weighted by atomic mass is 10.2. The van der Waals surface area contributed by atoms with Gasteiger partial charge in [-0.25, -0.2) is 0 Å². The zero-order valence-corrected chi connectivity index (χ0v) is 9.88. The normalized spacial score (nSPS) is 19.9. The zero-order valence-electron chi connectivity index (χ0n) is 9.06. The second-order valence-corrected chi connectivity index (χ2v) is 4.51. The van der Waals surface area contributed by atoms with E-state index in [-0.39, 0.29) is 11.9 Å². The molecule has 2 heterocycles. The SMILES string of the molecule is NC(=O)c1ccsc1NC(=O)C1COCCN1. The smallest absolute Gasteiger partial charge is 0.251 e. The molecule has 1 fully saturated rings. The molecule has 1 aliphatic heterocycles. The van der Waals surface area contributed by atoms with Gasteiger partial charge in [0, 0.05) is 6.54 Å². The molecule has 2 amide bonds. The van der Waals surface area contributed by atoms with E-state index in [9.17, 15) is 9.59 Å². The molecule has 0 aromatic carbocycles. The van der Waals surface area contributed by atoms with E-state index in [2.05, 4.69) is 10.6 Å². The summed E-state index contributed by atoms with van der Waals surface area (Å²) < 4.78 is 5.19. The maximum Gasteiger partial charge on any atom is 0.251 e. The minimum atomic E-state index is -0.547. The Kier molecular flexibility index (Phi) is 3.72. The van der Waals surface area contributed by atoms with Gasteiger partial charge in [0.25, 0.3) is 5.91 Å². The maximum absolute atomic E-state index is 11.8. The van der Waals surface area contributed by atoms with Crippen molar-refractivity contribution >= 4 is 28.2 Å². The maximum atomic E-state index is 11.8. The van der Waals surface area contributed by atoms with Gasteiger partial charge in [-0.2, -0.15) is 0 Å². The summed E-state index contributed by atoms with van der Waals surface area (Å²) in [6, 6.07) is 1.21. The average molecular weight is 255 g/mol. The predicted octanol–water partition coefficient (Wildman–Crippen LogP) is -0.226. The molecule has 6 nitrogen and oxygen atoms in total. The summed E-state index contributed by atoms with van der Waals surface area (Å²) in [5.74, 6) is -0.760. The van der Waals surface area contributed by atoms with Crippen LogP contribution in [0.15, 0.2) is 11.4 Å². The van der Waals surface area contributed by atoms with Gasteiger partial charge in [-0.3, -0.25) is 9.59 Å². The molecule has 0 saturated carbocycles. The van der Waals surface area contributed by atoms with Crippen molar-refractivity contribution in [1.82, 2.24) is 5.32 Å². The van der Waals surface area contributed by atoms with Crippen LogP contribution < -0.4 is 16.4 Å². The standard InChI is InChI=1S/C10H13N3O3S/c11-8(14)6-1-4-17-10(6)13-9(15)7-5-16-3-2-12-7/h1,4,7,12H,2-3,5H2,(H2,11,14)(H,13,15). The Balaban J connectivity index is 2.02. The summed E-state index contributed by atoms with van der Waals surface area (Å²) in [7, 11) is 0. The minimum Gasteiger partial charge on any atom is -0.378 e. The fraction of sp³-hybridized carbons (Fsp3) is 0.400. The molecule has 0 bridgehead atoms. The quantitative estimate of drug-likeness (QED) is 0.695. The third kappa shape index (κ3) is 2.82. The Morgan fingerprint density at radius 3 is 3.06 bits per heavy atom. The predicted molar refractivity (Wildman–Crippen MR) is 64.1 cm³/mol. The van der Waals surface area contributed by atoms with E-state index in [0.717, 1.165) is 0 Å². The lowest BCUT2D eigenvalue weighted by Crippen LogP contribution is -2.48. The van der Waals surface area contributed by atoms with Crippen molar-refractivity contribution in [2.75, 3.05) is 25.1 Å². The van der Waals surface area contributed by atoms with Crippen molar-refractivity contribution in [2.24, 2.45) is 5.73 Å². The average Bonchev–Trinajstić information content (AvgIpc) is 2.78. The molecule has 17 heavy (non-hydrogen) atoms. The Hall–Kier alpha value is -1.44. The van der Waals surface area contributed by atoms with Gasteiger partial charge in [-0.1, -0.05) is 0 Å². The first-order valence-corrected chi connectivity index (χ1v) is 6.05. The molecule has 1 aromatic heterocycles. The van der Waals surface area contributed by atoms with Crippen molar-refractivity contribution in [2.45, 2.75) is 6.04 Å². The van der Waals surface area contributed by atoms with E-state index in [0.29, 0.717) is 30.3 Å². The van der Waals surface area contributed by atoms with Crippen LogP contribution in [0.1, 0.15) is 10.4 Å². The number of ether oxygens (including phenoxy) is 1. The molecule has 1 aliphatic rings. The topological polar surface area (TPSA) is 93.5 Å². The lowest BCUT2D eigenvalue weighted by molar-refractivity contribution is -0.120. The number of carbonyl (C=O) groups excluding carboxylic acids is 2. The molecule has 2 rings (SSSR count). The number of hydrogen-bond donors (Lipinski definition) is 3. The molecule has 4 N–H and O–H groups in total. The van der Waals surface area contributed by atoms with Crippen LogP contribution in [0.3, 0.4) is 0 Å². The third-order valence-electron chi connectivity index (χ3n) is 2.41. The van der Waals surface area contributed by atoms with E-state index in [1.54, 1.807) is 11.4 Å². The molecule has 1 unspecified atom stereocenters. The van der Waals surface area contributed by atoms with Crippen LogP contribution in [0.4, 0.5) is 5.00 Å². The van der Waals surface area contributed by atoms with Crippen LogP contribution in [0.25, 0.3) is 0 Å². The number of nitrogens with one attached hydrogen (secondary N) is 2. The minimum absolute atomic E-state index is 0.213. The van der Waals surface area contributed by atoms with Gasteiger partial charge in [0.1, 0.15) is 11.0 Å². The van der Waals surface area contributed by atoms with Gasteiger partial charge in [0.05, 0.1) is 18.8 Å². The molecule has 92 valence electrons. The number of thiophene rings is 1. The summed E-state index contributed by atoms with van der Waals surface area (Å²) in [5, 5.41) is 7.90. The Bertz CT molecular complexity index is 426. The van der Waals surface area contributed by atoms with Gasteiger partial charge in [-0.15, -0.1) is 11.3 Å². The fourth-order valence-electron chi connectivity index (χ4n) is 1.53. The molecule has 0 radical (unpaired) electrons. The summed E-state index contributed by atoms with van der Waals surface area (Å²) in [4.78, 5) is 22.9. The van der Waals surface area contributed by atoms with Crippen molar-refractivity contribution < 1.29 is 14.3 Å². The monoisotopic (exact) mass is 255 g/mol. The first-order chi connectivity index (χ1) is 8.18. The number of nitrogens with two attached hydrogens (primary N) is 1. The molecule has 1 aromatic rings. The van der Waals surface area contributed by atoms with Crippen LogP contribution in [0.2, 0.25) is 0 Å².